The Kier molecular flexibility index (Phi) is 5.67. The summed E-state index contributed by atoms with van der Waals surface area (Å²) in [6, 6.07) is 16.7. The van der Waals surface area contributed by atoms with Crippen LogP contribution in [0.25, 0.3) is 0 Å². The topological polar surface area (TPSA) is 65.1 Å². The standard InChI is InChI=1S/C25H30BNO5/c1-16(18-12-14-20(15-13-18)26-31-24(3,4)25(5,6)32-26)22(28)27-17(2)21(30-23(27)29)19-10-8-7-9-11-19/h7-17,21H,1-6H3/t16?,17-,21-/m1/s1. The number of hydrogen-bond acceptors (Lipinski definition) is 5. The van der Waals surface area contributed by atoms with Gasteiger partial charge in [-0.05, 0) is 58.1 Å². The van der Waals surface area contributed by atoms with Gasteiger partial charge in [0, 0.05) is 0 Å². The Morgan fingerprint density at radius 3 is 2.09 bits per heavy atom. The molecular formula is C25H30BNO5. The molecule has 32 heavy (non-hydrogen) atoms. The number of amides is 2. The van der Waals surface area contributed by atoms with E-state index in [-0.39, 0.29) is 11.9 Å². The Labute approximate surface area is 190 Å². The number of benzene rings is 2. The van der Waals surface area contributed by atoms with Gasteiger partial charge in [-0.3, -0.25) is 4.79 Å². The lowest BCUT2D eigenvalue weighted by Crippen LogP contribution is -2.41. The summed E-state index contributed by atoms with van der Waals surface area (Å²) >= 11 is 0. The fraction of sp³-hybridized carbons (Fsp3) is 0.440. The van der Waals surface area contributed by atoms with Crippen molar-refractivity contribution < 1.29 is 23.6 Å². The zero-order chi connectivity index (χ0) is 23.3. The normalized spacial score (nSPS) is 25.0. The first kappa shape index (κ1) is 22.6. The van der Waals surface area contributed by atoms with Gasteiger partial charge >= 0.3 is 13.2 Å². The van der Waals surface area contributed by atoms with E-state index in [2.05, 4.69) is 0 Å². The van der Waals surface area contributed by atoms with E-state index in [1.54, 1.807) is 0 Å². The molecule has 0 radical (unpaired) electrons. The van der Waals surface area contributed by atoms with Gasteiger partial charge in [0.05, 0.1) is 23.2 Å². The maximum atomic E-state index is 13.2. The third-order valence-electron chi connectivity index (χ3n) is 6.97. The minimum absolute atomic E-state index is 0.274. The lowest BCUT2D eigenvalue weighted by molar-refractivity contribution is -0.130. The molecule has 1 unspecified atom stereocenters. The number of nitrogens with zero attached hydrogens (tertiary/aromatic N) is 1. The maximum Gasteiger partial charge on any atom is 0.494 e. The number of carbonyl (C=O) groups excluding carboxylic acids is 2. The fourth-order valence-corrected chi connectivity index (χ4v) is 4.12. The highest BCUT2D eigenvalue weighted by Crippen LogP contribution is 2.37. The molecule has 0 N–H and O–H groups in total. The highest BCUT2D eigenvalue weighted by atomic mass is 16.7. The lowest BCUT2D eigenvalue weighted by atomic mass is 9.78. The number of carbonyl (C=O) groups is 2. The van der Waals surface area contributed by atoms with Crippen molar-refractivity contribution in [2.75, 3.05) is 0 Å². The summed E-state index contributed by atoms with van der Waals surface area (Å²) in [4.78, 5) is 27.0. The van der Waals surface area contributed by atoms with Crippen LogP contribution in [0, 0.1) is 0 Å². The molecule has 3 atom stereocenters. The molecule has 2 heterocycles. The van der Waals surface area contributed by atoms with Crippen LogP contribution in [-0.4, -0.2) is 41.3 Å². The molecule has 0 aromatic heterocycles. The summed E-state index contributed by atoms with van der Waals surface area (Å²) in [6.45, 7) is 11.7. The van der Waals surface area contributed by atoms with E-state index in [1.807, 2.05) is 96.1 Å². The van der Waals surface area contributed by atoms with E-state index in [1.165, 1.54) is 4.90 Å². The van der Waals surface area contributed by atoms with Crippen molar-refractivity contribution in [1.29, 1.82) is 0 Å². The molecule has 0 saturated carbocycles. The van der Waals surface area contributed by atoms with Crippen molar-refractivity contribution in [3.8, 4) is 0 Å². The third-order valence-corrected chi connectivity index (χ3v) is 6.97. The zero-order valence-corrected chi connectivity index (χ0v) is 19.5. The van der Waals surface area contributed by atoms with Crippen LogP contribution in [0.3, 0.4) is 0 Å². The van der Waals surface area contributed by atoms with Crippen LogP contribution in [0.5, 0.6) is 0 Å². The largest absolute Gasteiger partial charge is 0.494 e. The summed E-state index contributed by atoms with van der Waals surface area (Å²) in [5.74, 6) is -0.767. The Hall–Kier alpha value is -2.64. The Morgan fingerprint density at radius 1 is 0.969 bits per heavy atom. The molecule has 2 aliphatic heterocycles. The number of ether oxygens (including phenoxy) is 1. The molecule has 2 aromatic carbocycles. The fourth-order valence-electron chi connectivity index (χ4n) is 4.12. The van der Waals surface area contributed by atoms with Crippen molar-refractivity contribution in [2.45, 2.75) is 70.8 Å². The van der Waals surface area contributed by atoms with Crippen molar-refractivity contribution in [1.82, 2.24) is 4.90 Å². The van der Waals surface area contributed by atoms with Gasteiger partial charge in [-0.15, -0.1) is 0 Å². The van der Waals surface area contributed by atoms with Crippen LogP contribution in [0.1, 0.15) is 64.7 Å². The minimum Gasteiger partial charge on any atom is -0.439 e. The highest BCUT2D eigenvalue weighted by Gasteiger charge is 2.51. The lowest BCUT2D eigenvalue weighted by Gasteiger charge is -2.32. The Bertz CT molecular complexity index is 989. The second kappa shape index (κ2) is 8.05. The van der Waals surface area contributed by atoms with Gasteiger partial charge in [0.25, 0.3) is 0 Å². The molecule has 4 rings (SSSR count). The number of hydrogen-bond donors (Lipinski definition) is 0. The first-order chi connectivity index (χ1) is 15.0. The first-order valence-corrected chi connectivity index (χ1v) is 11.1. The molecule has 2 aromatic rings. The van der Waals surface area contributed by atoms with Gasteiger partial charge in [-0.25, -0.2) is 9.69 Å². The predicted molar refractivity (Wildman–Crippen MR) is 123 cm³/mol. The Morgan fingerprint density at radius 2 is 1.53 bits per heavy atom. The van der Waals surface area contributed by atoms with Crippen molar-refractivity contribution in [3.05, 3.63) is 65.7 Å². The molecule has 2 aliphatic rings. The second-order valence-electron chi connectivity index (χ2n) is 9.64. The van der Waals surface area contributed by atoms with E-state index < -0.39 is 36.4 Å². The van der Waals surface area contributed by atoms with Crippen molar-refractivity contribution in [2.24, 2.45) is 0 Å². The van der Waals surface area contributed by atoms with E-state index >= 15 is 0 Å². The first-order valence-electron chi connectivity index (χ1n) is 11.1. The molecule has 2 fully saturated rings. The van der Waals surface area contributed by atoms with Crippen LogP contribution in [-0.2, 0) is 18.8 Å². The molecule has 0 bridgehead atoms. The molecular weight excluding hydrogens is 405 g/mol. The van der Waals surface area contributed by atoms with Gasteiger partial charge in [-0.1, -0.05) is 54.6 Å². The summed E-state index contributed by atoms with van der Waals surface area (Å²) < 4.78 is 17.7. The van der Waals surface area contributed by atoms with Crippen LogP contribution in [0.4, 0.5) is 4.79 Å². The van der Waals surface area contributed by atoms with E-state index in [9.17, 15) is 9.59 Å². The summed E-state index contributed by atoms with van der Waals surface area (Å²) in [6.07, 6.45) is -1.07. The molecule has 0 spiro atoms. The second-order valence-corrected chi connectivity index (χ2v) is 9.64. The van der Waals surface area contributed by atoms with Crippen LogP contribution in [0.2, 0.25) is 0 Å². The number of cyclic esters (lactones) is 1. The molecule has 2 saturated heterocycles. The van der Waals surface area contributed by atoms with Gasteiger partial charge in [-0.2, -0.15) is 0 Å². The van der Waals surface area contributed by atoms with Crippen molar-refractivity contribution in [3.63, 3.8) is 0 Å². The molecule has 0 aliphatic carbocycles. The van der Waals surface area contributed by atoms with Crippen LogP contribution < -0.4 is 5.46 Å². The van der Waals surface area contributed by atoms with Crippen molar-refractivity contribution >= 4 is 24.6 Å². The SMILES string of the molecule is CC(C(=O)N1C(=O)O[C@@H](c2ccccc2)[C@H]1C)c1ccc(B2OC(C)(C)C(C)(C)O2)cc1. The minimum atomic E-state index is -0.600. The Balaban J connectivity index is 1.48. The highest BCUT2D eigenvalue weighted by molar-refractivity contribution is 6.62. The van der Waals surface area contributed by atoms with E-state index in [4.69, 9.17) is 14.0 Å². The smallest absolute Gasteiger partial charge is 0.439 e. The van der Waals surface area contributed by atoms with Gasteiger partial charge in [0.1, 0.15) is 6.10 Å². The van der Waals surface area contributed by atoms with Gasteiger partial charge in [0.2, 0.25) is 5.91 Å². The predicted octanol–water partition coefficient (Wildman–Crippen LogP) is 4.20. The average molecular weight is 435 g/mol. The van der Waals surface area contributed by atoms with Gasteiger partial charge < -0.3 is 14.0 Å². The average Bonchev–Trinajstić information content (AvgIpc) is 3.18. The summed E-state index contributed by atoms with van der Waals surface area (Å²) in [7, 11) is -0.458. The zero-order valence-electron chi connectivity index (χ0n) is 19.5. The molecule has 168 valence electrons. The summed E-state index contributed by atoms with van der Waals surface area (Å²) in [5.41, 5.74) is 1.76. The number of imide groups is 1. The molecule has 7 heteroatoms. The maximum absolute atomic E-state index is 13.2. The van der Waals surface area contributed by atoms with Crippen LogP contribution in [0.15, 0.2) is 54.6 Å². The van der Waals surface area contributed by atoms with Gasteiger partial charge in [0.15, 0.2) is 0 Å². The molecule has 2 amide bonds. The monoisotopic (exact) mass is 435 g/mol. The summed E-state index contributed by atoms with van der Waals surface area (Å²) in [5, 5.41) is 0. The van der Waals surface area contributed by atoms with E-state index in [0.717, 1.165) is 16.6 Å². The third kappa shape index (κ3) is 3.84. The molecule has 6 nitrogen and oxygen atoms in total. The van der Waals surface area contributed by atoms with E-state index in [0.29, 0.717) is 0 Å². The quantitative estimate of drug-likeness (QED) is 0.674. The number of rotatable bonds is 4. The van der Waals surface area contributed by atoms with Crippen LogP contribution >= 0.6 is 0 Å².